The summed E-state index contributed by atoms with van der Waals surface area (Å²) in [5.41, 5.74) is 0. The number of nitrogens with one attached hydrogen (secondary N) is 3. The second-order valence-corrected chi connectivity index (χ2v) is 4.25. The highest BCUT2D eigenvalue weighted by Crippen LogP contribution is 1.92. The molecule has 7 heteroatoms. The van der Waals surface area contributed by atoms with Crippen LogP contribution in [0.2, 0.25) is 0 Å². The van der Waals surface area contributed by atoms with Gasteiger partial charge in [-0.25, -0.2) is 4.79 Å². The first kappa shape index (κ1) is 15.7. The van der Waals surface area contributed by atoms with Gasteiger partial charge < -0.3 is 10.6 Å². The van der Waals surface area contributed by atoms with Crippen LogP contribution in [-0.2, 0) is 9.59 Å². The Morgan fingerprint density at radius 1 is 1.18 bits per heavy atom. The molecule has 0 aliphatic heterocycles. The highest BCUT2D eigenvalue weighted by molar-refractivity contribution is 6.31. The summed E-state index contributed by atoms with van der Waals surface area (Å²) in [7, 11) is 0. The Balaban J connectivity index is 4.03. The lowest BCUT2D eigenvalue weighted by molar-refractivity contribution is -0.123. The molecule has 0 saturated carbocycles. The molecule has 0 aromatic rings. The maximum Gasteiger partial charge on any atom is 0.322 e. The SMILES string of the molecule is CCCNC(=O)C(C)NC(=O)NC(=O)C(C)Cl. The molecule has 0 radical (unpaired) electrons. The van der Waals surface area contributed by atoms with E-state index in [0.29, 0.717) is 6.54 Å². The summed E-state index contributed by atoms with van der Waals surface area (Å²) < 4.78 is 0. The predicted molar refractivity (Wildman–Crippen MR) is 64.8 cm³/mol. The number of halogens is 1. The fourth-order valence-electron chi connectivity index (χ4n) is 0.911. The van der Waals surface area contributed by atoms with Crippen molar-refractivity contribution in [3.05, 3.63) is 0 Å². The van der Waals surface area contributed by atoms with Crippen molar-refractivity contribution in [2.75, 3.05) is 6.54 Å². The highest BCUT2D eigenvalue weighted by atomic mass is 35.5. The lowest BCUT2D eigenvalue weighted by atomic mass is 10.3. The molecule has 6 nitrogen and oxygen atoms in total. The van der Waals surface area contributed by atoms with Gasteiger partial charge in [-0.15, -0.1) is 11.6 Å². The molecule has 0 fully saturated rings. The van der Waals surface area contributed by atoms with E-state index >= 15 is 0 Å². The summed E-state index contributed by atoms with van der Waals surface area (Å²) in [6, 6.07) is -1.44. The van der Waals surface area contributed by atoms with Crippen LogP contribution in [-0.4, -0.2) is 35.8 Å². The lowest BCUT2D eigenvalue weighted by Crippen LogP contribution is -2.50. The molecule has 0 bridgehead atoms. The first-order valence-corrected chi connectivity index (χ1v) is 5.85. The average molecular weight is 264 g/mol. The Hall–Kier alpha value is -1.30. The molecule has 0 rings (SSSR count). The maximum atomic E-state index is 11.4. The van der Waals surface area contributed by atoms with Gasteiger partial charge in [-0.1, -0.05) is 6.92 Å². The second kappa shape index (κ2) is 7.89. The minimum atomic E-state index is -0.801. The molecule has 0 aliphatic carbocycles. The van der Waals surface area contributed by atoms with Crippen LogP contribution >= 0.6 is 11.6 Å². The van der Waals surface area contributed by atoms with Crippen LogP contribution < -0.4 is 16.0 Å². The van der Waals surface area contributed by atoms with E-state index in [-0.39, 0.29) is 5.91 Å². The summed E-state index contributed by atoms with van der Waals surface area (Å²) in [5.74, 6) is -0.904. The Labute approximate surface area is 105 Å². The van der Waals surface area contributed by atoms with Gasteiger partial charge in [0.25, 0.3) is 0 Å². The van der Waals surface area contributed by atoms with Gasteiger partial charge >= 0.3 is 6.03 Å². The zero-order valence-corrected chi connectivity index (χ0v) is 10.9. The van der Waals surface area contributed by atoms with Crippen LogP contribution in [0.1, 0.15) is 27.2 Å². The third-order valence-corrected chi connectivity index (χ3v) is 2.09. The van der Waals surface area contributed by atoms with Gasteiger partial charge in [-0.05, 0) is 20.3 Å². The zero-order chi connectivity index (χ0) is 13.4. The van der Waals surface area contributed by atoms with Gasteiger partial charge in [0, 0.05) is 6.54 Å². The van der Waals surface area contributed by atoms with Crippen molar-refractivity contribution >= 4 is 29.4 Å². The van der Waals surface area contributed by atoms with Crippen molar-refractivity contribution in [3.8, 4) is 0 Å². The van der Waals surface area contributed by atoms with Crippen molar-refractivity contribution < 1.29 is 14.4 Å². The molecule has 2 unspecified atom stereocenters. The van der Waals surface area contributed by atoms with Crippen molar-refractivity contribution in [3.63, 3.8) is 0 Å². The topological polar surface area (TPSA) is 87.3 Å². The van der Waals surface area contributed by atoms with Crippen LogP contribution in [0.4, 0.5) is 4.79 Å². The quantitative estimate of drug-likeness (QED) is 0.626. The van der Waals surface area contributed by atoms with E-state index in [2.05, 4.69) is 10.6 Å². The first-order chi connectivity index (χ1) is 7.88. The maximum absolute atomic E-state index is 11.4. The van der Waals surface area contributed by atoms with E-state index in [1.54, 1.807) is 0 Å². The van der Waals surface area contributed by atoms with E-state index in [4.69, 9.17) is 11.6 Å². The Kier molecular flexibility index (Phi) is 7.29. The van der Waals surface area contributed by atoms with Gasteiger partial charge in [0.1, 0.15) is 11.4 Å². The van der Waals surface area contributed by atoms with E-state index in [9.17, 15) is 14.4 Å². The molecule has 98 valence electrons. The molecule has 0 heterocycles. The molecule has 0 aliphatic rings. The molecule has 0 spiro atoms. The molecule has 0 saturated heterocycles. The molecular weight excluding hydrogens is 246 g/mol. The Morgan fingerprint density at radius 3 is 2.24 bits per heavy atom. The first-order valence-electron chi connectivity index (χ1n) is 5.41. The van der Waals surface area contributed by atoms with Gasteiger partial charge in [-0.3, -0.25) is 14.9 Å². The summed E-state index contributed by atoms with van der Waals surface area (Å²) in [5, 5.41) is 6.17. The van der Waals surface area contributed by atoms with Crippen molar-refractivity contribution in [2.45, 2.75) is 38.6 Å². The van der Waals surface area contributed by atoms with E-state index in [1.807, 2.05) is 12.2 Å². The summed E-state index contributed by atoms with van der Waals surface area (Å²) >= 11 is 5.47. The monoisotopic (exact) mass is 263 g/mol. The molecule has 2 atom stereocenters. The van der Waals surface area contributed by atoms with Crippen LogP contribution in [0.25, 0.3) is 0 Å². The van der Waals surface area contributed by atoms with Crippen LogP contribution in [0, 0.1) is 0 Å². The molecule has 17 heavy (non-hydrogen) atoms. The van der Waals surface area contributed by atoms with Crippen LogP contribution in [0.15, 0.2) is 0 Å². The smallest absolute Gasteiger partial charge is 0.322 e. The predicted octanol–water partition coefficient (Wildman–Crippen LogP) is 0.354. The molecule has 4 amide bonds. The fourth-order valence-corrected chi connectivity index (χ4v) is 0.965. The molecule has 0 aromatic carbocycles. The number of alkyl halides is 1. The number of hydrogen-bond acceptors (Lipinski definition) is 3. The molecular formula is C10H18ClN3O3. The highest BCUT2D eigenvalue weighted by Gasteiger charge is 2.17. The lowest BCUT2D eigenvalue weighted by Gasteiger charge is -2.14. The van der Waals surface area contributed by atoms with Crippen molar-refractivity contribution in [2.24, 2.45) is 0 Å². The molecule has 3 N–H and O–H groups in total. The average Bonchev–Trinajstić information content (AvgIpc) is 2.25. The summed E-state index contributed by atoms with van der Waals surface area (Å²) in [6.07, 6.45) is 0.812. The van der Waals surface area contributed by atoms with Gasteiger partial charge in [0.15, 0.2) is 0 Å². The van der Waals surface area contributed by atoms with Crippen molar-refractivity contribution in [1.29, 1.82) is 0 Å². The second-order valence-electron chi connectivity index (χ2n) is 3.59. The Bertz CT molecular complexity index is 295. The Morgan fingerprint density at radius 2 is 1.76 bits per heavy atom. The van der Waals surface area contributed by atoms with E-state index in [0.717, 1.165) is 6.42 Å². The zero-order valence-electron chi connectivity index (χ0n) is 10.2. The number of hydrogen-bond donors (Lipinski definition) is 3. The number of carbonyl (C=O) groups excluding carboxylic acids is 3. The number of amides is 4. The number of rotatable bonds is 5. The van der Waals surface area contributed by atoms with E-state index in [1.165, 1.54) is 13.8 Å². The number of carbonyl (C=O) groups is 3. The number of urea groups is 1. The third kappa shape index (κ3) is 6.78. The normalized spacial score (nSPS) is 13.4. The third-order valence-electron chi connectivity index (χ3n) is 1.89. The van der Waals surface area contributed by atoms with Gasteiger partial charge in [-0.2, -0.15) is 0 Å². The largest absolute Gasteiger partial charge is 0.354 e. The minimum Gasteiger partial charge on any atom is -0.354 e. The standard InChI is InChI=1S/C10H18ClN3O3/c1-4-5-12-9(16)7(3)13-10(17)14-8(15)6(2)11/h6-7H,4-5H2,1-3H3,(H,12,16)(H2,13,14,15,17). The van der Waals surface area contributed by atoms with Gasteiger partial charge in [0.2, 0.25) is 11.8 Å². The summed E-state index contributed by atoms with van der Waals surface area (Å²) in [6.45, 7) is 5.44. The minimum absolute atomic E-state index is 0.298. The van der Waals surface area contributed by atoms with E-state index < -0.39 is 23.4 Å². The van der Waals surface area contributed by atoms with Crippen LogP contribution in [0.5, 0.6) is 0 Å². The van der Waals surface area contributed by atoms with Crippen molar-refractivity contribution in [1.82, 2.24) is 16.0 Å². The van der Waals surface area contributed by atoms with Crippen LogP contribution in [0.3, 0.4) is 0 Å². The molecule has 0 aromatic heterocycles. The van der Waals surface area contributed by atoms with Gasteiger partial charge in [0.05, 0.1) is 0 Å². The number of imide groups is 1. The summed E-state index contributed by atoms with van der Waals surface area (Å²) in [4.78, 5) is 33.7. The fraction of sp³-hybridized carbons (Fsp3) is 0.700.